The van der Waals surface area contributed by atoms with Crippen LogP contribution in [0.1, 0.15) is 11.1 Å². The van der Waals surface area contributed by atoms with Crippen LogP contribution < -0.4 is 20.7 Å². The van der Waals surface area contributed by atoms with Crippen molar-refractivity contribution < 1.29 is 14.0 Å². The molecule has 0 radical (unpaired) electrons. The standard InChI is InChI=1S/C26H22N4O5/c1-15-4-6-16(7-5-15)14-30-25(31)19-10-8-17(12-21(19)27-26(30)32)24-28-23(29-35-24)20-11-9-18(33-2)13-22(20)34-3/h4-13H,14H2,1-3H3,(H,27,32). The summed E-state index contributed by atoms with van der Waals surface area (Å²) in [6.07, 6.45) is 0. The van der Waals surface area contributed by atoms with Crippen molar-refractivity contribution >= 4 is 10.9 Å². The summed E-state index contributed by atoms with van der Waals surface area (Å²) in [4.78, 5) is 33.0. The number of aromatic nitrogens is 4. The van der Waals surface area contributed by atoms with Gasteiger partial charge in [0.25, 0.3) is 11.4 Å². The molecule has 9 heteroatoms. The maximum absolute atomic E-state index is 13.0. The summed E-state index contributed by atoms with van der Waals surface area (Å²) in [6, 6.07) is 18.0. The van der Waals surface area contributed by atoms with Crippen molar-refractivity contribution in [3.8, 4) is 34.3 Å². The summed E-state index contributed by atoms with van der Waals surface area (Å²) >= 11 is 0. The Morgan fingerprint density at radius 1 is 0.971 bits per heavy atom. The second-order valence-electron chi connectivity index (χ2n) is 8.06. The van der Waals surface area contributed by atoms with Crippen LogP contribution in [0.3, 0.4) is 0 Å². The molecular weight excluding hydrogens is 448 g/mol. The van der Waals surface area contributed by atoms with Gasteiger partial charge in [0.05, 0.1) is 37.2 Å². The second kappa shape index (κ2) is 8.94. The van der Waals surface area contributed by atoms with Crippen LogP contribution in [0, 0.1) is 6.92 Å². The first-order chi connectivity index (χ1) is 17.0. The molecule has 0 saturated carbocycles. The lowest BCUT2D eigenvalue weighted by atomic mass is 10.1. The van der Waals surface area contributed by atoms with Gasteiger partial charge in [0.1, 0.15) is 11.5 Å². The quantitative estimate of drug-likeness (QED) is 0.402. The number of benzene rings is 3. The Hall–Kier alpha value is -4.66. The molecule has 35 heavy (non-hydrogen) atoms. The number of hydrogen-bond donors (Lipinski definition) is 1. The van der Waals surface area contributed by atoms with Crippen LogP contribution in [-0.2, 0) is 6.54 Å². The minimum Gasteiger partial charge on any atom is -0.497 e. The number of hydrogen-bond acceptors (Lipinski definition) is 7. The van der Waals surface area contributed by atoms with E-state index in [0.717, 1.165) is 11.1 Å². The minimum absolute atomic E-state index is 0.183. The smallest absolute Gasteiger partial charge is 0.329 e. The topological polar surface area (TPSA) is 112 Å². The highest BCUT2D eigenvalue weighted by Crippen LogP contribution is 2.33. The predicted molar refractivity (Wildman–Crippen MR) is 131 cm³/mol. The highest BCUT2D eigenvalue weighted by Gasteiger charge is 2.17. The number of nitrogens with zero attached hydrogens (tertiary/aromatic N) is 3. The molecule has 0 unspecified atom stereocenters. The molecular formula is C26H22N4O5. The highest BCUT2D eigenvalue weighted by molar-refractivity contribution is 5.82. The normalized spacial score (nSPS) is 11.1. The molecule has 0 fully saturated rings. The predicted octanol–water partition coefficient (Wildman–Crippen LogP) is 3.78. The largest absolute Gasteiger partial charge is 0.497 e. The van der Waals surface area contributed by atoms with E-state index in [1.165, 1.54) is 4.57 Å². The molecule has 0 aliphatic heterocycles. The lowest BCUT2D eigenvalue weighted by Crippen LogP contribution is -2.35. The summed E-state index contributed by atoms with van der Waals surface area (Å²) in [5.41, 5.74) is 2.70. The first kappa shape index (κ1) is 22.1. The maximum atomic E-state index is 13.0. The molecule has 0 aliphatic rings. The van der Waals surface area contributed by atoms with Gasteiger partial charge < -0.3 is 19.0 Å². The third-order valence-corrected chi connectivity index (χ3v) is 5.77. The van der Waals surface area contributed by atoms with Crippen LogP contribution in [0.4, 0.5) is 0 Å². The Morgan fingerprint density at radius 3 is 2.51 bits per heavy atom. The van der Waals surface area contributed by atoms with E-state index in [0.29, 0.717) is 39.4 Å². The van der Waals surface area contributed by atoms with Gasteiger partial charge in [-0.1, -0.05) is 35.0 Å². The van der Waals surface area contributed by atoms with Crippen molar-refractivity contribution in [1.29, 1.82) is 0 Å². The monoisotopic (exact) mass is 470 g/mol. The fraction of sp³-hybridized carbons (Fsp3) is 0.154. The number of ether oxygens (including phenoxy) is 2. The van der Waals surface area contributed by atoms with Gasteiger partial charge in [-0.25, -0.2) is 4.79 Å². The first-order valence-corrected chi connectivity index (χ1v) is 10.9. The molecule has 5 aromatic rings. The van der Waals surface area contributed by atoms with Gasteiger partial charge in [-0.3, -0.25) is 9.36 Å². The Labute approximate surface area is 199 Å². The summed E-state index contributed by atoms with van der Waals surface area (Å²) in [7, 11) is 3.12. The summed E-state index contributed by atoms with van der Waals surface area (Å²) in [6.45, 7) is 2.17. The Kier molecular flexibility index (Phi) is 5.66. The Balaban J connectivity index is 1.50. The molecule has 0 bridgehead atoms. The molecule has 3 aromatic carbocycles. The lowest BCUT2D eigenvalue weighted by molar-refractivity contribution is 0.394. The van der Waals surface area contributed by atoms with Gasteiger partial charge in [-0.2, -0.15) is 4.98 Å². The number of aryl methyl sites for hydroxylation is 1. The van der Waals surface area contributed by atoms with Gasteiger partial charge in [0, 0.05) is 11.6 Å². The number of fused-ring (bicyclic) bond motifs is 1. The maximum Gasteiger partial charge on any atom is 0.329 e. The highest BCUT2D eigenvalue weighted by atomic mass is 16.5. The average Bonchev–Trinajstić information content (AvgIpc) is 3.37. The molecule has 0 spiro atoms. The third-order valence-electron chi connectivity index (χ3n) is 5.77. The van der Waals surface area contributed by atoms with Crippen LogP contribution >= 0.6 is 0 Å². The molecule has 0 saturated heterocycles. The van der Waals surface area contributed by atoms with E-state index in [1.807, 2.05) is 31.2 Å². The Bertz CT molecular complexity index is 1650. The first-order valence-electron chi connectivity index (χ1n) is 10.9. The van der Waals surface area contributed by atoms with E-state index < -0.39 is 5.69 Å². The van der Waals surface area contributed by atoms with Crippen LogP contribution in [0.5, 0.6) is 11.5 Å². The third kappa shape index (κ3) is 4.19. The number of H-pyrrole nitrogens is 1. The zero-order valence-corrected chi connectivity index (χ0v) is 19.4. The van der Waals surface area contributed by atoms with Crippen LogP contribution in [0.15, 0.2) is 74.8 Å². The molecule has 0 aliphatic carbocycles. The van der Waals surface area contributed by atoms with E-state index in [2.05, 4.69) is 15.1 Å². The SMILES string of the molecule is COc1ccc(-c2noc(-c3ccc4c(=O)n(Cc5ccc(C)cc5)c(=O)[nH]c4c3)n2)c(OC)c1. The molecule has 9 nitrogen and oxygen atoms in total. The number of methoxy groups -OCH3 is 2. The zero-order chi connectivity index (χ0) is 24.5. The van der Waals surface area contributed by atoms with Crippen molar-refractivity contribution in [3.05, 3.63) is 92.6 Å². The minimum atomic E-state index is -0.491. The van der Waals surface area contributed by atoms with E-state index in [-0.39, 0.29) is 18.0 Å². The summed E-state index contributed by atoms with van der Waals surface area (Å²) < 4.78 is 17.3. The molecule has 0 atom stereocenters. The number of aromatic amines is 1. The lowest BCUT2D eigenvalue weighted by Gasteiger charge is -2.08. The zero-order valence-electron chi connectivity index (χ0n) is 19.4. The van der Waals surface area contributed by atoms with E-state index in [9.17, 15) is 9.59 Å². The fourth-order valence-electron chi connectivity index (χ4n) is 3.84. The van der Waals surface area contributed by atoms with E-state index in [1.54, 1.807) is 50.6 Å². The van der Waals surface area contributed by atoms with Crippen molar-refractivity contribution in [2.75, 3.05) is 14.2 Å². The molecule has 176 valence electrons. The summed E-state index contributed by atoms with van der Waals surface area (Å²) in [5.74, 6) is 1.75. The molecule has 1 N–H and O–H groups in total. The van der Waals surface area contributed by atoms with E-state index in [4.69, 9.17) is 14.0 Å². The van der Waals surface area contributed by atoms with Gasteiger partial charge in [-0.05, 0) is 42.8 Å². The number of rotatable bonds is 6. The van der Waals surface area contributed by atoms with Crippen molar-refractivity contribution in [2.45, 2.75) is 13.5 Å². The van der Waals surface area contributed by atoms with Crippen molar-refractivity contribution in [2.24, 2.45) is 0 Å². The molecule has 2 heterocycles. The number of nitrogens with one attached hydrogen (secondary N) is 1. The van der Waals surface area contributed by atoms with Gasteiger partial charge >= 0.3 is 5.69 Å². The van der Waals surface area contributed by atoms with Gasteiger partial charge in [0.2, 0.25) is 5.82 Å². The molecule has 0 amide bonds. The summed E-state index contributed by atoms with van der Waals surface area (Å²) in [5, 5.41) is 4.45. The fourth-order valence-corrected chi connectivity index (χ4v) is 3.84. The van der Waals surface area contributed by atoms with Gasteiger partial charge in [-0.15, -0.1) is 0 Å². The average molecular weight is 470 g/mol. The van der Waals surface area contributed by atoms with Gasteiger partial charge in [0.15, 0.2) is 0 Å². The van der Waals surface area contributed by atoms with Crippen LogP contribution in [-0.4, -0.2) is 33.9 Å². The van der Waals surface area contributed by atoms with Crippen molar-refractivity contribution in [1.82, 2.24) is 19.7 Å². The second-order valence-corrected chi connectivity index (χ2v) is 8.06. The Morgan fingerprint density at radius 2 is 1.77 bits per heavy atom. The molecule has 2 aromatic heterocycles. The van der Waals surface area contributed by atoms with Crippen LogP contribution in [0.2, 0.25) is 0 Å². The van der Waals surface area contributed by atoms with Crippen LogP contribution in [0.25, 0.3) is 33.7 Å². The van der Waals surface area contributed by atoms with Crippen molar-refractivity contribution in [3.63, 3.8) is 0 Å². The molecule has 5 rings (SSSR count). The van der Waals surface area contributed by atoms with E-state index >= 15 is 0 Å².